The van der Waals surface area contributed by atoms with Crippen molar-refractivity contribution in [2.24, 2.45) is 7.05 Å². The number of aryl methyl sites for hydroxylation is 1. The van der Waals surface area contributed by atoms with E-state index in [0.717, 1.165) is 59.8 Å². The molecule has 1 aliphatic rings. The molecule has 6 rings (SSSR count). The van der Waals surface area contributed by atoms with E-state index in [0.29, 0.717) is 17.7 Å². The fourth-order valence-electron chi connectivity index (χ4n) is 4.74. The molecular weight excluding hydrogens is 493 g/mol. The number of hydrogen-bond acceptors (Lipinski definition) is 7. The fourth-order valence-corrected chi connectivity index (χ4v) is 4.74. The van der Waals surface area contributed by atoms with Crippen LogP contribution in [0.3, 0.4) is 0 Å². The van der Waals surface area contributed by atoms with Gasteiger partial charge in [0.1, 0.15) is 11.9 Å². The lowest BCUT2D eigenvalue weighted by atomic mass is 10.0. The first kappa shape index (κ1) is 24.3. The molecular formula is C29H24FN9. The zero-order valence-corrected chi connectivity index (χ0v) is 21.3. The molecule has 9 nitrogen and oxygen atoms in total. The van der Waals surface area contributed by atoms with Crippen molar-refractivity contribution in [3.05, 3.63) is 84.6 Å². The Hall–Kier alpha value is -5.06. The molecule has 0 amide bonds. The summed E-state index contributed by atoms with van der Waals surface area (Å²) in [4.78, 5) is 12.9. The summed E-state index contributed by atoms with van der Waals surface area (Å²) in [7, 11) is 1.88. The van der Waals surface area contributed by atoms with Gasteiger partial charge in [-0.3, -0.25) is 9.58 Å². The van der Waals surface area contributed by atoms with Crippen LogP contribution in [0.5, 0.6) is 0 Å². The summed E-state index contributed by atoms with van der Waals surface area (Å²) in [5.74, 6) is 6.29. The van der Waals surface area contributed by atoms with Gasteiger partial charge >= 0.3 is 0 Å². The lowest BCUT2D eigenvalue weighted by molar-refractivity contribution is 0.287. The molecule has 5 aromatic heterocycles. The van der Waals surface area contributed by atoms with Gasteiger partial charge in [0.05, 0.1) is 35.6 Å². The fraction of sp³-hybridized carbons (Fsp3) is 0.207. The Morgan fingerprint density at radius 2 is 1.79 bits per heavy atom. The Bertz CT molecular complexity index is 1740. The molecule has 5 aromatic rings. The van der Waals surface area contributed by atoms with Gasteiger partial charge in [0, 0.05) is 80.3 Å². The van der Waals surface area contributed by atoms with Gasteiger partial charge in [0.25, 0.3) is 0 Å². The molecule has 10 heteroatoms. The highest BCUT2D eigenvalue weighted by Gasteiger charge is 2.19. The number of nitrogens with zero attached hydrogens (tertiary/aromatic N) is 9. The van der Waals surface area contributed by atoms with Crippen molar-refractivity contribution in [3.8, 4) is 40.2 Å². The van der Waals surface area contributed by atoms with Crippen LogP contribution in [0.1, 0.15) is 11.1 Å². The molecule has 0 spiro atoms. The molecule has 0 N–H and O–H groups in total. The Balaban J connectivity index is 1.19. The van der Waals surface area contributed by atoms with Gasteiger partial charge in [-0.1, -0.05) is 11.8 Å². The van der Waals surface area contributed by atoms with E-state index >= 15 is 0 Å². The Kier molecular flexibility index (Phi) is 6.45. The van der Waals surface area contributed by atoms with Gasteiger partial charge in [-0.15, -0.1) is 0 Å². The van der Waals surface area contributed by atoms with Crippen LogP contribution < -0.4 is 4.90 Å². The standard InChI is InChI=1S/C29H24FN9/c1-36-19-25(18-34-36)23-14-26(28-24(15-31)17-35-39(28)20-23)22-6-7-27(33-16-22)38-12-10-37(11-13-38)9-3-5-21-4-2-8-32-29(21)30/h2,4,6-8,14,16-20H,9-13H2,1H3. The summed E-state index contributed by atoms with van der Waals surface area (Å²) in [6, 6.07) is 11.7. The molecule has 1 fully saturated rings. The number of aromatic nitrogens is 6. The summed E-state index contributed by atoms with van der Waals surface area (Å²) in [6.07, 6.45) is 10.5. The van der Waals surface area contributed by atoms with E-state index in [1.54, 1.807) is 27.5 Å². The Morgan fingerprint density at radius 3 is 2.51 bits per heavy atom. The zero-order chi connectivity index (χ0) is 26.8. The lowest BCUT2D eigenvalue weighted by Crippen LogP contribution is -2.46. The van der Waals surface area contributed by atoms with Crippen molar-refractivity contribution in [2.75, 3.05) is 37.6 Å². The third-order valence-electron chi connectivity index (χ3n) is 6.81. The maximum atomic E-state index is 13.7. The normalized spacial score (nSPS) is 13.7. The van der Waals surface area contributed by atoms with Gasteiger partial charge in [-0.05, 0) is 30.3 Å². The predicted molar refractivity (Wildman–Crippen MR) is 145 cm³/mol. The van der Waals surface area contributed by atoms with Crippen molar-refractivity contribution in [2.45, 2.75) is 0 Å². The van der Waals surface area contributed by atoms with E-state index in [2.05, 4.69) is 49.0 Å². The predicted octanol–water partition coefficient (Wildman–Crippen LogP) is 3.38. The van der Waals surface area contributed by atoms with Gasteiger partial charge in [-0.2, -0.15) is 19.8 Å². The van der Waals surface area contributed by atoms with Crippen molar-refractivity contribution in [1.82, 2.24) is 34.3 Å². The highest BCUT2D eigenvalue weighted by atomic mass is 19.1. The molecule has 1 saturated heterocycles. The minimum absolute atomic E-state index is 0.321. The second-order valence-corrected chi connectivity index (χ2v) is 9.32. The summed E-state index contributed by atoms with van der Waals surface area (Å²) < 4.78 is 17.2. The smallest absolute Gasteiger partial charge is 0.228 e. The Labute approximate surface area is 224 Å². The van der Waals surface area contributed by atoms with Crippen LogP contribution >= 0.6 is 0 Å². The van der Waals surface area contributed by atoms with E-state index in [-0.39, 0.29) is 0 Å². The molecule has 0 radical (unpaired) electrons. The van der Waals surface area contributed by atoms with E-state index in [1.165, 1.54) is 6.20 Å². The molecule has 0 unspecified atom stereocenters. The molecule has 0 aliphatic carbocycles. The van der Waals surface area contributed by atoms with Crippen LogP contribution in [0.4, 0.5) is 10.2 Å². The van der Waals surface area contributed by atoms with Gasteiger partial charge < -0.3 is 4.90 Å². The zero-order valence-electron chi connectivity index (χ0n) is 21.3. The van der Waals surface area contributed by atoms with E-state index in [9.17, 15) is 9.65 Å². The summed E-state index contributed by atoms with van der Waals surface area (Å²) in [5.41, 5.74) is 5.29. The van der Waals surface area contributed by atoms with Crippen LogP contribution in [-0.2, 0) is 7.05 Å². The topological polar surface area (TPSA) is 91.2 Å². The SMILES string of the molecule is Cn1cc(-c2cc(-c3ccc(N4CCN(CC#Cc5cccnc5F)CC4)nc3)c3c(C#N)cnn3c2)cn1. The third kappa shape index (κ3) is 4.93. The number of anilines is 1. The molecule has 0 saturated carbocycles. The molecule has 1 aliphatic heterocycles. The number of nitriles is 1. The van der Waals surface area contributed by atoms with Crippen molar-refractivity contribution in [1.29, 1.82) is 5.26 Å². The molecule has 0 bridgehead atoms. The van der Waals surface area contributed by atoms with Crippen LogP contribution in [0.25, 0.3) is 27.8 Å². The monoisotopic (exact) mass is 517 g/mol. The lowest BCUT2D eigenvalue weighted by Gasteiger charge is -2.34. The first-order chi connectivity index (χ1) is 19.1. The number of pyridine rings is 3. The van der Waals surface area contributed by atoms with Crippen LogP contribution in [-0.4, -0.2) is 67.0 Å². The minimum atomic E-state index is -0.536. The number of fused-ring (bicyclic) bond motifs is 1. The van der Waals surface area contributed by atoms with Crippen molar-refractivity contribution >= 4 is 11.3 Å². The van der Waals surface area contributed by atoms with E-state index < -0.39 is 5.95 Å². The van der Waals surface area contributed by atoms with Gasteiger partial charge in [0.2, 0.25) is 5.95 Å². The average Bonchev–Trinajstić information content (AvgIpc) is 3.60. The largest absolute Gasteiger partial charge is 0.354 e. The summed E-state index contributed by atoms with van der Waals surface area (Å²) >= 11 is 0. The molecule has 6 heterocycles. The maximum Gasteiger partial charge on any atom is 0.228 e. The summed E-state index contributed by atoms with van der Waals surface area (Å²) in [5, 5.41) is 18.4. The average molecular weight is 518 g/mol. The van der Waals surface area contributed by atoms with Crippen molar-refractivity contribution < 1.29 is 4.39 Å². The number of hydrogen-bond donors (Lipinski definition) is 0. The second kappa shape index (κ2) is 10.4. The van der Waals surface area contributed by atoms with Crippen LogP contribution in [0.2, 0.25) is 0 Å². The van der Waals surface area contributed by atoms with Crippen molar-refractivity contribution in [3.63, 3.8) is 0 Å². The minimum Gasteiger partial charge on any atom is -0.354 e. The summed E-state index contributed by atoms with van der Waals surface area (Å²) in [6.45, 7) is 3.88. The maximum absolute atomic E-state index is 13.7. The molecule has 0 atom stereocenters. The van der Waals surface area contributed by atoms with E-state index in [4.69, 9.17) is 4.98 Å². The number of piperazine rings is 1. The molecule has 192 valence electrons. The first-order valence-corrected chi connectivity index (χ1v) is 12.5. The van der Waals surface area contributed by atoms with Crippen LogP contribution in [0, 0.1) is 29.1 Å². The highest BCUT2D eigenvalue weighted by Crippen LogP contribution is 2.32. The van der Waals surface area contributed by atoms with E-state index in [1.807, 2.05) is 44.0 Å². The Morgan fingerprint density at radius 1 is 0.923 bits per heavy atom. The van der Waals surface area contributed by atoms with Gasteiger partial charge in [-0.25, -0.2) is 14.5 Å². The molecule has 0 aromatic carbocycles. The van der Waals surface area contributed by atoms with Crippen LogP contribution in [0.15, 0.2) is 67.5 Å². The first-order valence-electron chi connectivity index (χ1n) is 12.5. The van der Waals surface area contributed by atoms with Gasteiger partial charge in [0.15, 0.2) is 0 Å². The second-order valence-electron chi connectivity index (χ2n) is 9.32. The highest BCUT2D eigenvalue weighted by molar-refractivity contribution is 5.87. The number of rotatable bonds is 4. The number of halogens is 1. The quantitative estimate of drug-likeness (QED) is 0.267. The molecule has 39 heavy (non-hydrogen) atoms. The third-order valence-corrected chi connectivity index (χ3v) is 6.81.